The molecular weight excluding hydrogens is 298 g/mol. The van der Waals surface area contributed by atoms with Gasteiger partial charge in [-0.15, -0.1) is 0 Å². The molecule has 0 radical (unpaired) electrons. The maximum Gasteiger partial charge on any atom is 0.255 e. The van der Waals surface area contributed by atoms with E-state index in [2.05, 4.69) is 42.7 Å². The maximum absolute atomic E-state index is 13.0. The van der Waals surface area contributed by atoms with E-state index in [1.165, 1.54) is 5.56 Å². The fourth-order valence-corrected chi connectivity index (χ4v) is 3.97. The minimum Gasteiger partial charge on any atom is -0.341 e. The Morgan fingerprint density at radius 2 is 2.00 bits per heavy atom. The number of nitrogens with two attached hydrogens (primary N) is 1. The third-order valence-corrected chi connectivity index (χ3v) is 5.29. The normalized spacial score (nSPS) is 18.8. The zero-order valence-electron chi connectivity index (χ0n) is 14.8. The minimum atomic E-state index is 0.127. The molecule has 2 atom stereocenters. The highest BCUT2D eigenvalue weighted by Crippen LogP contribution is 2.28. The van der Waals surface area contributed by atoms with E-state index in [0.29, 0.717) is 6.54 Å². The molecule has 1 saturated heterocycles. The number of carbonyl (C=O) groups excluding carboxylic acids is 1. The van der Waals surface area contributed by atoms with Gasteiger partial charge < -0.3 is 15.2 Å². The van der Waals surface area contributed by atoms with Crippen LogP contribution in [0.2, 0.25) is 0 Å². The van der Waals surface area contributed by atoms with Gasteiger partial charge in [-0.05, 0) is 45.2 Å². The zero-order chi connectivity index (χ0) is 17.3. The van der Waals surface area contributed by atoms with E-state index < -0.39 is 0 Å². The van der Waals surface area contributed by atoms with Crippen LogP contribution >= 0.6 is 0 Å². The SMILES string of the molecule is Cc1cc(C(=O)N2CCCC2CN)c(C)n1C(C)c1ccccc1. The number of likely N-dealkylation sites (tertiary alicyclic amines) is 1. The third kappa shape index (κ3) is 2.86. The van der Waals surface area contributed by atoms with Gasteiger partial charge in [0.2, 0.25) is 0 Å². The Morgan fingerprint density at radius 3 is 2.67 bits per heavy atom. The summed E-state index contributed by atoms with van der Waals surface area (Å²) < 4.78 is 2.26. The molecule has 2 N–H and O–H groups in total. The van der Waals surface area contributed by atoms with E-state index in [1.54, 1.807) is 0 Å². The van der Waals surface area contributed by atoms with Crippen molar-refractivity contribution < 1.29 is 4.79 Å². The average Bonchev–Trinajstić information content (AvgIpc) is 3.19. The largest absolute Gasteiger partial charge is 0.341 e. The fourth-order valence-electron chi connectivity index (χ4n) is 3.97. The van der Waals surface area contributed by atoms with Gasteiger partial charge in [0, 0.05) is 30.5 Å². The lowest BCUT2D eigenvalue weighted by Gasteiger charge is -2.24. The van der Waals surface area contributed by atoms with Crippen LogP contribution in [0.3, 0.4) is 0 Å². The lowest BCUT2D eigenvalue weighted by molar-refractivity contribution is 0.0740. The van der Waals surface area contributed by atoms with Crippen molar-refractivity contribution in [3.8, 4) is 0 Å². The molecule has 1 aromatic carbocycles. The quantitative estimate of drug-likeness (QED) is 0.938. The number of hydrogen-bond acceptors (Lipinski definition) is 2. The first-order valence-electron chi connectivity index (χ1n) is 8.79. The second-order valence-electron chi connectivity index (χ2n) is 6.77. The van der Waals surface area contributed by atoms with E-state index in [0.717, 1.165) is 36.3 Å². The van der Waals surface area contributed by atoms with Gasteiger partial charge in [0.15, 0.2) is 0 Å². The molecule has 4 heteroatoms. The molecule has 0 saturated carbocycles. The lowest BCUT2D eigenvalue weighted by Crippen LogP contribution is -2.40. The Hall–Kier alpha value is -2.07. The number of rotatable bonds is 4. The molecule has 4 nitrogen and oxygen atoms in total. The lowest BCUT2D eigenvalue weighted by atomic mass is 10.1. The summed E-state index contributed by atoms with van der Waals surface area (Å²) in [5, 5.41) is 0. The van der Waals surface area contributed by atoms with Gasteiger partial charge in [-0.2, -0.15) is 0 Å². The van der Waals surface area contributed by atoms with Crippen LogP contribution in [0.15, 0.2) is 36.4 Å². The van der Waals surface area contributed by atoms with Crippen molar-refractivity contribution >= 4 is 5.91 Å². The van der Waals surface area contributed by atoms with Crippen LogP contribution in [-0.2, 0) is 0 Å². The highest BCUT2D eigenvalue weighted by molar-refractivity contribution is 5.96. The summed E-state index contributed by atoms with van der Waals surface area (Å²) in [5.74, 6) is 0.127. The van der Waals surface area contributed by atoms with Crippen molar-refractivity contribution in [3.63, 3.8) is 0 Å². The van der Waals surface area contributed by atoms with Crippen molar-refractivity contribution in [1.29, 1.82) is 0 Å². The van der Waals surface area contributed by atoms with Crippen molar-refractivity contribution in [1.82, 2.24) is 9.47 Å². The van der Waals surface area contributed by atoms with Crippen LogP contribution in [-0.4, -0.2) is 34.5 Å². The number of aromatic nitrogens is 1. The number of amides is 1. The molecular formula is C20H27N3O. The Kier molecular flexibility index (Phi) is 4.76. The number of nitrogens with zero attached hydrogens (tertiary/aromatic N) is 2. The van der Waals surface area contributed by atoms with Crippen molar-refractivity contribution in [2.75, 3.05) is 13.1 Å². The standard InChI is InChI=1S/C20H27N3O/c1-14-12-19(20(24)22-11-7-10-18(22)13-21)16(3)23(14)15(2)17-8-5-4-6-9-17/h4-6,8-9,12,15,18H,7,10-11,13,21H2,1-3H3. The molecule has 1 amide bonds. The molecule has 3 rings (SSSR count). The molecule has 2 aromatic rings. The molecule has 24 heavy (non-hydrogen) atoms. The zero-order valence-corrected chi connectivity index (χ0v) is 14.8. The Balaban J connectivity index is 1.93. The Bertz CT molecular complexity index is 720. The van der Waals surface area contributed by atoms with Gasteiger partial charge in [-0.3, -0.25) is 4.79 Å². The smallest absolute Gasteiger partial charge is 0.255 e. The molecule has 1 aliphatic heterocycles. The summed E-state index contributed by atoms with van der Waals surface area (Å²) in [5.41, 5.74) is 10.1. The predicted molar refractivity (Wildman–Crippen MR) is 97.3 cm³/mol. The minimum absolute atomic E-state index is 0.127. The molecule has 0 spiro atoms. The van der Waals surface area contributed by atoms with Gasteiger partial charge in [0.05, 0.1) is 11.6 Å². The Labute approximate surface area is 144 Å². The van der Waals surface area contributed by atoms with Crippen molar-refractivity contribution in [3.05, 3.63) is 58.9 Å². The topological polar surface area (TPSA) is 51.3 Å². The first-order chi connectivity index (χ1) is 11.5. The van der Waals surface area contributed by atoms with Crippen LogP contribution in [0.4, 0.5) is 0 Å². The van der Waals surface area contributed by atoms with Gasteiger partial charge in [0.25, 0.3) is 5.91 Å². The van der Waals surface area contributed by atoms with E-state index in [-0.39, 0.29) is 18.0 Å². The van der Waals surface area contributed by atoms with Crippen molar-refractivity contribution in [2.45, 2.75) is 45.7 Å². The van der Waals surface area contributed by atoms with Gasteiger partial charge >= 0.3 is 0 Å². The van der Waals surface area contributed by atoms with E-state index in [4.69, 9.17) is 5.73 Å². The molecule has 2 heterocycles. The summed E-state index contributed by atoms with van der Waals surface area (Å²) in [6.07, 6.45) is 2.06. The monoisotopic (exact) mass is 325 g/mol. The fraction of sp³-hybridized carbons (Fsp3) is 0.450. The molecule has 1 aliphatic rings. The Morgan fingerprint density at radius 1 is 1.29 bits per heavy atom. The second kappa shape index (κ2) is 6.81. The number of hydrogen-bond donors (Lipinski definition) is 1. The molecule has 2 unspecified atom stereocenters. The van der Waals surface area contributed by atoms with Crippen LogP contribution in [0, 0.1) is 13.8 Å². The third-order valence-electron chi connectivity index (χ3n) is 5.29. The van der Waals surface area contributed by atoms with E-state index in [9.17, 15) is 4.79 Å². The highest BCUT2D eigenvalue weighted by Gasteiger charge is 2.30. The average molecular weight is 325 g/mol. The summed E-state index contributed by atoms with van der Waals surface area (Å²) in [4.78, 5) is 15.0. The van der Waals surface area contributed by atoms with Crippen LogP contribution < -0.4 is 5.73 Å². The van der Waals surface area contributed by atoms with Gasteiger partial charge in [-0.1, -0.05) is 30.3 Å². The summed E-state index contributed by atoms with van der Waals surface area (Å²) in [7, 11) is 0. The van der Waals surface area contributed by atoms with Crippen LogP contribution in [0.1, 0.15) is 53.1 Å². The summed E-state index contributed by atoms with van der Waals surface area (Å²) >= 11 is 0. The van der Waals surface area contributed by atoms with Gasteiger partial charge in [-0.25, -0.2) is 0 Å². The van der Waals surface area contributed by atoms with E-state index in [1.807, 2.05) is 24.0 Å². The number of carbonyl (C=O) groups is 1. The number of benzene rings is 1. The molecule has 1 aromatic heterocycles. The highest BCUT2D eigenvalue weighted by atomic mass is 16.2. The van der Waals surface area contributed by atoms with Crippen molar-refractivity contribution in [2.24, 2.45) is 5.73 Å². The predicted octanol–water partition coefficient (Wildman–Crippen LogP) is 3.28. The summed E-state index contributed by atoms with van der Waals surface area (Å²) in [6.45, 7) is 7.67. The molecule has 0 bridgehead atoms. The van der Waals surface area contributed by atoms with Crippen LogP contribution in [0.5, 0.6) is 0 Å². The van der Waals surface area contributed by atoms with Crippen LogP contribution in [0.25, 0.3) is 0 Å². The number of aryl methyl sites for hydroxylation is 1. The molecule has 0 aliphatic carbocycles. The molecule has 128 valence electrons. The maximum atomic E-state index is 13.0. The first-order valence-corrected chi connectivity index (χ1v) is 8.79. The van der Waals surface area contributed by atoms with Gasteiger partial charge in [0.1, 0.15) is 0 Å². The molecule has 1 fully saturated rings. The summed E-state index contributed by atoms with van der Waals surface area (Å²) in [6, 6.07) is 12.8. The second-order valence-corrected chi connectivity index (χ2v) is 6.77. The van der Waals surface area contributed by atoms with E-state index >= 15 is 0 Å². The first kappa shape index (κ1) is 16.8.